The van der Waals surface area contributed by atoms with Gasteiger partial charge in [0.05, 0.1) is 17.3 Å². The first-order chi connectivity index (χ1) is 21.3. The number of benzene rings is 2. The second-order valence-corrected chi connectivity index (χ2v) is 12.2. The van der Waals surface area contributed by atoms with E-state index in [1.165, 1.54) is 24.2 Å². The van der Waals surface area contributed by atoms with Crippen LogP contribution in [0.3, 0.4) is 0 Å². The fourth-order valence-electron chi connectivity index (χ4n) is 6.48. The SMILES string of the molecule is [C-]#[N+]CC1CN(c2nc(OCCN(C)C3CCC3)nc3c2CCN(c2cccc4cccc(Cl)c24)C3)CCN1C(=O)C(=C)F. The number of ether oxygens (including phenoxy) is 1. The van der Waals surface area contributed by atoms with Gasteiger partial charge in [-0.1, -0.05) is 48.9 Å². The summed E-state index contributed by atoms with van der Waals surface area (Å²) in [6.45, 7) is 14.3. The number of anilines is 2. The molecule has 1 aliphatic carbocycles. The van der Waals surface area contributed by atoms with Crippen molar-refractivity contribution in [3.05, 3.63) is 76.5 Å². The van der Waals surface area contributed by atoms with Crippen molar-refractivity contribution >= 4 is 39.8 Å². The highest BCUT2D eigenvalue weighted by Gasteiger charge is 2.36. The van der Waals surface area contributed by atoms with Crippen LogP contribution in [-0.4, -0.2) is 90.7 Å². The van der Waals surface area contributed by atoms with E-state index in [0.29, 0.717) is 49.7 Å². The third-order valence-electron chi connectivity index (χ3n) is 9.15. The van der Waals surface area contributed by atoms with Crippen molar-refractivity contribution < 1.29 is 13.9 Å². The highest BCUT2D eigenvalue weighted by atomic mass is 35.5. The number of carbonyl (C=O) groups excluding carboxylic acids is 1. The van der Waals surface area contributed by atoms with E-state index in [-0.39, 0.29) is 13.1 Å². The number of piperazine rings is 1. The number of halogens is 2. The lowest BCUT2D eigenvalue weighted by molar-refractivity contribution is -0.131. The number of carbonyl (C=O) groups is 1. The summed E-state index contributed by atoms with van der Waals surface area (Å²) in [5, 5.41) is 2.81. The zero-order valence-corrected chi connectivity index (χ0v) is 25.8. The maximum atomic E-state index is 13.8. The van der Waals surface area contributed by atoms with Crippen LogP contribution >= 0.6 is 11.6 Å². The Kier molecular flexibility index (Phi) is 8.87. The number of amides is 1. The Morgan fingerprint density at radius 1 is 1.18 bits per heavy atom. The molecule has 1 unspecified atom stereocenters. The highest BCUT2D eigenvalue weighted by Crippen LogP contribution is 2.37. The number of likely N-dealkylation sites (N-methyl/N-ethyl adjacent to an activating group) is 1. The molecule has 3 aliphatic rings. The summed E-state index contributed by atoms with van der Waals surface area (Å²) in [7, 11) is 2.13. The molecule has 2 fully saturated rings. The number of rotatable bonds is 9. The number of nitrogens with zero attached hydrogens (tertiary/aromatic N) is 7. The summed E-state index contributed by atoms with van der Waals surface area (Å²) in [6.07, 6.45) is 4.42. The molecule has 3 heterocycles. The fraction of sp³-hybridized carbons (Fsp3) is 0.455. The average molecular weight is 618 g/mol. The Morgan fingerprint density at radius 3 is 2.70 bits per heavy atom. The molecule has 0 bridgehead atoms. The molecule has 2 aromatic carbocycles. The molecule has 3 aromatic rings. The maximum absolute atomic E-state index is 13.8. The van der Waals surface area contributed by atoms with Crippen molar-refractivity contribution in [2.75, 3.05) is 62.7 Å². The van der Waals surface area contributed by atoms with Gasteiger partial charge in [-0.15, -0.1) is 0 Å². The number of aromatic nitrogens is 2. The lowest BCUT2D eigenvalue weighted by atomic mass is 9.92. The third kappa shape index (κ3) is 6.04. The van der Waals surface area contributed by atoms with Crippen LogP contribution in [0.25, 0.3) is 15.6 Å². The molecule has 1 saturated carbocycles. The molecule has 9 nitrogen and oxygen atoms in total. The van der Waals surface area contributed by atoms with Gasteiger partial charge in [-0.3, -0.25) is 4.79 Å². The molecule has 0 N–H and O–H groups in total. The number of fused-ring (bicyclic) bond motifs is 2. The maximum Gasteiger partial charge on any atom is 0.318 e. The zero-order valence-electron chi connectivity index (χ0n) is 25.0. The van der Waals surface area contributed by atoms with Crippen LogP contribution in [0.2, 0.25) is 5.02 Å². The predicted octanol–water partition coefficient (Wildman–Crippen LogP) is 5.13. The van der Waals surface area contributed by atoms with E-state index in [1.54, 1.807) is 0 Å². The number of hydrogen-bond donors (Lipinski definition) is 0. The molecule has 2 aliphatic heterocycles. The van der Waals surface area contributed by atoms with Crippen molar-refractivity contribution in [1.82, 2.24) is 19.8 Å². The quantitative estimate of drug-likeness (QED) is 0.244. The normalized spacial score (nSPS) is 18.6. The first-order valence-electron chi connectivity index (χ1n) is 15.2. The molecule has 44 heavy (non-hydrogen) atoms. The van der Waals surface area contributed by atoms with Crippen LogP contribution in [0.15, 0.2) is 48.8 Å². The molecule has 230 valence electrons. The van der Waals surface area contributed by atoms with Gasteiger partial charge in [0, 0.05) is 55.4 Å². The van der Waals surface area contributed by atoms with Crippen LogP contribution in [0.4, 0.5) is 15.9 Å². The second-order valence-electron chi connectivity index (χ2n) is 11.8. The molecule has 0 radical (unpaired) electrons. The first kappa shape index (κ1) is 30.1. The molecule has 1 aromatic heterocycles. The molecule has 11 heteroatoms. The summed E-state index contributed by atoms with van der Waals surface area (Å²) >= 11 is 6.69. The lowest BCUT2D eigenvalue weighted by Crippen LogP contribution is -2.57. The van der Waals surface area contributed by atoms with Gasteiger partial charge in [0.25, 0.3) is 5.91 Å². The standard InChI is InChI=1S/C33H37ClFN7O2/c1-22(35)32(43)42-16-15-41(20-25(42)19-36-2)31-26-13-14-40(29-12-5-8-23-7-4-11-27(34)30(23)29)21-28(26)37-33(38-31)44-18-17-39(3)24-9-6-10-24/h4-5,7-8,11-12,24-25H,1,6,9-10,13-21H2,3H3. The van der Waals surface area contributed by atoms with Gasteiger partial charge < -0.3 is 29.2 Å². The van der Waals surface area contributed by atoms with Gasteiger partial charge in [-0.05, 0) is 43.8 Å². The van der Waals surface area contributed by atoms with Crippen LogP contribution < -0.4 is 14.5 Å². The molecule has 1 atom stereocenters. The van der Waals surface area contributed by atoms with Crippen molar-refractivity contribution in [2.24, 2.45) is 0 Å². The minimum atomic E-state index is -1.01. The minimum absolute atomic E-state index is 0.0648. The van der Waals surface area contributed by atoms with Crippen molar-refractivity contribution in [3.8, 4) is 6.01 Å². The summed E-state index contributed by atoms with van der Waals surface area (Å²) in [4.78, 5) is 34.0. The Bertz CT molecular complexity index is 1600. The van der Waals surface area contributed by atoms with Gasteiger partial charge in [-0.25, -0.2) is 11.0 Å². The van der Waals surface area contributed by atoms with Crippen molar-refractivity contribution in [1.29, 1.82) is 0 Å². The van der Waals surface area contributed by atoms with E-state index in [4.69, 9.17) is 32.9 Å². The van der Waals surface area contributed by atoms with Crippen LogP contribution in [0.1, 0.15) is 30.5 Å². The second kappa shape index (κ2) is 13.0. The summed E-state index contributed by atoms with van der Waals surface area (Å²) < 4.78 is 20.0. The van der Waals surface area contributed by atoms with Gasteiger partial charge in [-0.2, -0.15) is 9.97 Å². The monoisotopic (exact) mass is 617 g/mol. The van der Waals surface area contributed by atoms with E-state index >= 15 is 0 Å². The Hall–Kier alpha value is -3.94. The lowest BCUT2D eigenvalue weighted by Gasteiger charge is -2.41. The van der Waals surface area contributed by atoms with Gasteiger partial charge in [0.2, 0.25) is 6.54 Å². The summed E-state index contributed by atoms with van der Waals surface area (Å²) in [5.74, 6) is -1.01. The van der Waals surface area contributed by atoms with E-state index in [9.17, 15) is 9.18 Å². The van der Waals surface area contributed by atoms with Gasteiger partial charge in [0.15, 0.2) is 5.83 Å². The van der Waals surface area contributed by atoms with E-state index in [0.717, 1.165) is 46.6 Å². The van der Waals surface area contributed by atoms with E-state index in [2.05, 4.69) is 51.4 Å². The highest BCUT2D eigenvalue weighted by molar-refractivity contribution is 6.36. The summed E-state index contributed by atoms with van der Waals surface area (Å²) in [6, 6.07) is 12.6. The van der Waals surface area contributed by atoms with Crippen LogP contribution in [0, 0.1) is 6.57 Å². The van der Waals surface area contributed by atoms with E-state index in [1.807, 2.05) is 18.2 Å². The zero-order chi connectivity index (χ0) is 30.8. The smallest absolute Gasteiger partial charge is 0.318 e. The molecule has 0 spiro atoms. The number of hydrogen-bond acceptors (Lipinski definition) is 7. The Morgan fingerprint density at radius 2 is 1.98 bits per heavy atom. The van der Waals surface area contributed by atoms with E-state index < -0.39 is 17.8 Å². The topological polar surface area (TPSA) is 69.4 Å². The van der Waals surface area contributed by atoms with Crippen LogP contribution in [-0.2, 0) is 17.8 Å². The van der Waals surface area contributed by atoms with Gasteiger partial charge >= 0.3 is 6.01 Å². The minimum Gasteiger partial charge on any atom is -0.462 e. The average Bonchev–Trinajstić information content (AvgIpc) is 2.99. The van der Waals surface area contributed by atoms with Gasteiger partial charge in [0.1, 0.15) is 18.5 Å². The third-order valence-corrected chi connectivity index (χ3v) is 9.46. The molecular formula is C33H37ClFN7O2. The summed E-state index contributed by atoms with van der Waals surface area (Å²) in [5.41, 5.74) is 2.96. The molecule has 1 amide bonds. The fourth-order valence-corrected chi connectivity index (χ4v) is 6.76. The van der Waals surface area contributed by atoms with Crippen molar-refractivity contribution in [2.45, 2.75) is 44.3 Å². The van der Waals surface area contributed by atoms with Crippen LogP contribution in [0.5, 0.6) is 6.01 Å². The molecule has 6 rings (SSSR count). The molecular weight excluding hydrogens is 581 g/mol. The predicted molar refractivity (Wildman–Crippen MR) is 171 cm³/mol. The van der Waals surface area contributed by atoms with Crippen molar-refractivity contribution in [3.63, 3.8) is 0 Å². The Balaban J connectivity index is 1.30. The first-order valence-corrected chi connectivity index (χ1v) is 15.6. The molecule has 1 saturated heterocycles. The Labute approximate surface area is 262 Å². The largest absolute Gasteiger partial charge is 0.462 e.